The summed E-state index contributed by atoms with van der Waals surface area (Å²) in [6.45, 7) is 3.10. The summed E-state index contributed by atoms with van der Waals surface area (Å²) in [4.78, 5) is 7.46. The molecule has 0 aliphatic rings. The number of rotatable bonds is 8. The first kappa shape index (κ1) is 15.5. The zero-order chi connectivity index (χ0) is 15.1. The molecule has 0 bridgehead atoms. The highest BCUT2D eigenvalue weighted by molar-refractivity contribution is 7.89. The number of nitrogens with one attached hydrogen (secondary N) is 3. The summed E-state index contributed by atoms with van der Waals surface area (Å²) in [5.41, 5.74) is 0.885. The minimum absolute atomic E-state index is 0.285. The molecule has 0 unspecified atom stereocenters. The van der Waals surface area contributed by atoms with Crippen molar-refractivity contribution in [3.05, 3.63) is 42.5 Å². The highest BCUT2D eigenvalue weighted by Gasteiger charge is 2.12. The Morgan fingerprint density at radius 3 is 2.57 bits per heavy atom. The summed E-state index contributed by atoms with van der Waals surface area (Å²) >= 11 is 0. The third-order valence-electron chi connectivity index (χ3n) is 2.95. The molecule has 0 spiro atoms. The molecule has 21 heavy (non-hydrogen) atoms. The maximum atomic E-state index is 11.9. The lowest BCUT2D eigenvalue weighted by Crippen LogP contribution is -2.24. The van der Waals surface area contributed by atoms with E-state index in [1.807, 2.05) is 6.92 Å². The Bertz CT molecular complexity index is 636. The van der Waals surface area contributed by atoms with Crippen molar-refractivity contribution in [1.82, 2.24) is 14.7 Å². The normalized spacial score (nSPS) is 11.5. The number of aromatic nitrogens is 2. The molecule has 0 fully saturated rings. The quantitative estimate of drug-likeness (QED) is 0.693. The summed E-state index contributed by atoms with van der Waals surface area (Å²) in [5.74, 6) is 0.922. The summed E-state index contributed by atoms with van der Waals surface area (Å²) in [6, 6.07) is 6.74. The minimum atomic E-state index is -3.39. The molecule has 1 aromatic heterocycles. The molecule has 3 N–H and O–H groups in total. The predicted octanol–water partition coefficient (Wildman–Crippen LogP) is 1.75. The standard InChI is InChI=1S/C14H20N4O2S/c1-2-8-18-21(19,20)13-5-3-12(4-6-13)15-9-7-14-16-10-11-17-14/h3-6,10-11,15,18H,2,7-9H2,1H3,(H,16,17). The first-order valence-electron chi connectivity index (χ1n) is 6.93. The second-order valence-electron chi connectivity index (χ2n) is 4.63. The summed E-state index contributed by atoms with van der Waals surface area (Å²) in [6.07, 6.45) is 5.06. The molecule has 0 atom stereocenters. The van der Waals surface area contributed by atoms with Gasteiger partial charge in [0.1, 0.15) is 5.82 Å². The summed E-state index contributed by atoms with van der Waals surface area (Å²) < 4.78 is 26.4. The summed E-state index contributed by atoms with van der Waals surface area (Å²) in [5, 5.41) is 3.23. The van der Waals surface area contributed by atoms with Crippen LogP contribution in [0.2, 0.25) is 0 Å². The van der Waals surface area contributed by atoms with E-state index in [0.717, 1.165) is 30.9 Å². The van der Waals surface area contributed by atoms with Crippen LogP contribution in [0, 0.1) is 0 Å². The largest absolute Gasteiger partial charge is 0.385 e. The number of anilines is 1. The number of hydrogen-bond donors (Lipinski definition) is 3. The van der Waals surface area contributed by atoms with Crippen LogP contribution in [0.3, 0.4) is 0 Å². The zero-order valence-corrected chi connectivity index (χ0v) is 12.8. The molecule has 0 amide bonds. The van der Waals surface area contributed by atoms with E-state index in [-0.39, 0.29) is 4.90 Å². The van der Waals surface area contributed by atoms with E-state index in [1.165, 1.54) is 0 Å². The smallest absolute Gasteiger partial charge is 0.240 e. The molecule has 114 valence electrons. The van der Waals surface area contributed by atoms with Crippen molar-refractivity contribution in [2.24, 2.45) is 0 Å². The van der Waals surface area contributed by atoms with Crippen molar-refractivity contribution in [3.63, 3.8) is 0 Å². The Morgan fingerprint density at radius 2 is 1.95 bits per heavy atom. The molecule has 0 aliphatic heterocycles. The predicted molar refractivity (Wildman–Crippen MR) is 82.7 cm³/mol. The Labute approximate surface area is 125 Å². The van der Waals surface area contributed by atoms with Gasteiger partial charge in [-0.2, -0.15) is 0 Å². The highest BCUT2D eigenvalue weighted by Crippen LogP contribution is 2.13. The van der Waals surface area contributed by atoms with Crippen LogP contribution in [0.4, 0.5) is 5.69 Å². The average molecular weight is 308 g/mol. The molecular formula is C14H20N4O2S. The maximum absolute atomic E-state index is 11.9. The van der Waals surface area contributed by atoms with Crippen LogP contribution in [0.15, 0.2) is 41.6 Å². The van der Waals surface area contributed by atoms with Crippen LogP contribution < -0.4 is 10.0 Å². The van der Waals surface area contributed by atoms with E-state index in [9.17, 15) is 8.42 Å². The molecule has 0 saturated heterocycles. The van der Waals surface area contributed by atoms with Gasteiger partial charge in [0, 0.05) is 37.6 Å². The Balaban J connectivity index is 1.89. The Kier molecular flexibility index (Phi) is 5.35. The lowest BCUT2D eigenvalue weighted by Gasteiger charge is -2.08. The fourth-order valence-electron chi connectivity index (χ4n) is 1.83. The molecular weight excluding hydrogens is 288 g/mol. The SMILES string of the molecule is CCCNS(=O)(=O)c1ccc(NCCc2ncc[nH]2)cc1. The molecule has 0 aliphatic carbocycles. The van der Waals surface area contributed by atoms with Crippen molar-refractivity contribution in [2.75, 3.05) is 18.4 Å². The first-order valence-corrected chi connectivity index (χ1v) is 8.42. The molecule has 0 saturated carbocycles. The van der Waals surface area contributed by atoms with Crippen molar-refractivity contribution < 1.29 is 8.42 Å². The number of imidazole rings is 1. The van der Waals surface area contributed by atoms with Gasteiger partial charge in [-0.1, -0.05) is 6.92 Å². The average Bonchev–Trinajstić information content (AvgIpc) is 2.99. The minimum Gasteiger partial charge on any atom is -0.385 e. The molecule has 1 heterocycles. The molecule has 7 heteroatoms. The van der Waals surface area contributed by atoms with Gasteiger partial charge in [0.2, 0.25) is 10.0 Å². The van der Waals surface area contributed by atoms with E-state index in [4.69, 9.17) is 0 Å². The highest BCUT2D eigenvalue weighted by atomic mass is 32.2. The number of aromatic amines is 1. The summed E-state index contributed by atoms with van der Waals surface area (Å²) in [7, 11) is -3.39. The van der Waals surface area contributed by atoms with Crippen LogP contribution in [0.5, 0.6) is 0 Å². The Hall–Kier alpha value is -1.86. The zero-order valence-electron chi connectivity index (χ0n) is 12.0. The van der Waals surface area contributed by atoms with Gasteiger partial charge in [0.05, 0.1) is 4.90 Å². The van der Waals surface area contributed by atoms with Gasteiger partial charge in [0.25, 0.3) is 0 Å². The van der Waals surface area contributed by atoms with Crippen LogP contribution >= 0.6 is 0 Å². The van der Waals surface area contributed by atoms with Crippen LogP contribution in [0.25, 0.3) is 0 Å². The van der Waals surface area contributed by atoms with Gasteiger partial charge >= 0.3 is 0 Å². The van der Waals surface area contributed by atoms with E-state index >= 15 is 0 Å². The van der Waals surface area contributed by atoms with Gasteiger partial charge in [0.15, 0.2) is 0 Å². The van der Waals surface area contributed by atoms with E-state index in [0.29, 0.717) is 6.54 Å². The lowest BCUT2D eigenvalue weighted by atomic mass is 10.3. The number of nitrogens with zero attached hydrogens (tertiary/aromatic N) is 1. The number of sulfonamides is 1. The topological polar surface area (TPSA) is 86.9 Å². The molecule has 1 aromatic carbocycles. The van der Waals surface area contributed by atoms with Crippen LogP contribution in [-0.2, 0) is 16.4 Å². The van der Waals surface area contributed by atoms with Crippen molar-refractivity contribution in [3.8, 4) is 0 Å². The monoisotopic (exact) mass is 308 g/mol. The molecule has 2 rings (SSSR count). The fraction of sp³-hybridized carbons (Fsp3) is 0.357. The lowest BCUT2D eigenvalue weighted by molar-refractivity contribution is 0.581. The number of H-pyrrole nitrogens is 1. The van der Waals surface area contributed by atoms with Crippen molar-refractivity contribution in [2.45, 2.75) is 24.7 Å². The fourth-order valence-corrected chi connectivity index (χ4v) is 2.97. The van der Waals surface area contributed by atoms with Gasteiger partial charge in [-0.15, -0.1) is 0 Å². The van der Waals surface area contributed by atoms with Crippen LogP contribution in [-0.4, -0.2) is 31.5 Å². The van der Waals surface area contributed by atoms with E-state index in [1.54, 1.807) is 36.7 Å². The second kappa shape index (κ2) is 7.24. The van der Waals surface area contributed by atoms with E-state index < -0.39 is 10.0 Å². The number of benzene rings is 1. The molecule has 2 aromatic rings. The van der Waals surface area contributed by atoms with Crippen LogP contribution in [0.1, 0.15) is 19.2 Å². The van der Waals surface area contributed by atoms with Gasteiger partial charge in [-0.25, -0.2) is 18.1 Å². The second-order valence-corrected chi connectivity index (χ2v) is 6.40. The number of hydrogen-bond acceptors (Lipinski definition) is 4. The third kappa shape index (κ3) is 4.57. The first-order chi connectivity index (χ1) is 10.1. The molecule has 0 radical (unpaired) electrons. The van der Waals surface area contributed by atoms with Crippen molar-refractivity contribution in [1.29, 1.82) is 0 Å². The van der Waals surface area contributed by atoms with Gasteiger partial charge in [-0.3, -0.25) is 0 Å². The van der Waals surface area contributed by atoms with E-state index in [2.05, 4.69) is 20.0 Å². The Morgan fingerprint density at radius 1 is 1.19 bits per heavy atom. The third-order valence-corrected chi connectivity index (χ3v) is 4.43. The maximum Gasteiger partial charge on any atom is 0.240 e. The van der Waals surface area contributed by atoms with Crippen molar-refractivity contribution >= 4 is 15.7 Å². The molecule has 6 nitrogen and oxygen atoms in total. The van der Waals surface area contributed by atoms with Gasteiger partial charge < -0.3 is 10.3 Å². The van der Waals surface area contributed by atoms with Gasteiger partial charge in [-0.05, 0) is 30.7 Å².